The molecule has 1 saturated heterocycles. The van der Waals surface area contributed by atoms with E-state index < -0.39 is 9.84 Å². The SMILES string of the molecule is CCOc1cc(N(C)C2CCS(=O)(=O)C2)ccc1N. The van der Waals surface area contributed by atoms with Crippen LogP contribution >= 0.6 is 0 Å². The number of sulfone groups is 1. The lowest BCUT2D eigenvalue weighted by molar-refractivity contribution is 0.342. The summed E-state index contributed by atoms with van der Waals surface area (Å²) in [6.45, 7) is 2.45. The summed E-state index contributed by atoms with van der Waals surface area (Å²) in [7, 11) is -0.965. The van der Waals surface area contributed by atoms with Crippen LogP contribution in [0.4, 0.5) is 11.4 Å². The van der Waals surface area contributed by atoms with Gasteiger partial charge in [-0.15, -0.1) is 0 Å². The van der Waals surface area contributed by atoms with Crippen molar-refractivity contribution < 1.29 is 13.2 Å². The second-order valence-electron chi connectivity index (χ2n) is 4.82. The minimum atomic E-state index is -2.87. The Kier molecular flexibility index (Phi) is 3.89. The molecule has 0 radical (unpaired) electrons. The minimum Gasteiger partial charge on any atom is -0.492 e. The molecule has 0 bridgehead atoms. The Morgan fingerprint density at radius 3 is 2.79 bits per heavy atom. The van der Waals surface area contributed by atoms with Gasteiger partial charge in [-0.3, -0.25) is 0 Å². The zero-order valence-corrected chi connectivity index (χ0v) is 12.1. The maximum absolute atomic E-state index is 11.5. The van der Waals surface area contributed by atoms with Gasteiger partial charge in [0, 0.05) is 24.8 Å². The summed E-state index contributed by atoms with van der Waals surface area (Å²) >= 11 is 0. The summed E-state index contributed by atoms with van der Waals surface area (Å²) in [5, 5.41) is 0. The van der Waals surface area contributed by atoms with E-state index in [1.807, 2.05) is 31.0 Å². The molecule has 1 aromatic carbocycles. The third-order valence-electron chi connectivity index (χ3n) is 3.46. The van der Waals surface area contributed by atoms with E-state index in [2.05, 4.69) is 0 Å². The summed E-state index contributed by atoms with van der Waals surface area (Å²) in [5.41, 5.74) is 7.36. The minimum absolute atomic E-state index is 0.0306. The Morgan fingerprint density at radius 1 is 1.47 bits per heavy atom. The Morgan fingerprint density at radius 2 is 2.21 bits per heavy atom. The number of hydrogen-bond acceptors (Lipinski definition) is 5. The van der Waals surface area contributed by atoms with E-state index in [-0.39, 0.29) is 17.5 Å². The van der Waals surface area contributed by atoms with Gasteiger partial charge >= 0.3 is 0 Å². The Hall–Kier alpha value is -1.43. The summed E-state index contributed by atoms with van der Waals surface area (Å²) in [4.78, 5) is 1.99. The van der Waals surface area contributed by atoms with Crippen LogP contribution in [0.1, 0.15) is 13.3 Å². The van der Waals surface area contributed by atoms with Crippen molar-refractivity contribution in [2.45, 2.75) is 19.4 Å². The maximum Gasteiger partial charge on any atom is 0.152 e. The molecule has 2 N–H and O–H groups in total. The van der Waals surface area contributed by atoms with Crippen LogP contribution in [0.2, 0.25) is 0 Å². The zero-order valence-electron chi connectivity index (χ0n) is 11.3. The molecule has 0 saturated carbocycles. The normalized spacial score (nSPS) is 21.3. The van der Waals surface area contributed by atoms with Gasteiger partial charge in [-0.25, -0.2) is 8.42 Å². The van der Waals surface area contributed by atoms with E-state index in [1.165, 1.54) is 0 Å². The molecule has 1 heterocycles. The maximum atomic E-state index is 11.5. The molecule has 5 nitrogen and oxygen atoms in total. The zero-order chi connectivity index (χ0) is 14.0. The van der Waals surface area contributed by atoms with Crippen LogP contribution < -0.4 is 15.4 Å². The molecule has 19 heavy (non-hydrogen) atoms. The molecule has 0 aromatic heterocycles. The standard InChI is InChI=1S/C13H20N2O3S/c1-3-18-13-8-10(4-5-12(13)14)15(2)11-6-7-19(16,17)9-11/h4-5,8,11H,3,6-7,9,14H2,1-2H3. The van der Waals surface area contributed by atoms with Crippen LogP contribution in [-0.4, -0.2) is 39.6 Å². The first-order valence-electron chi connectivity index (χ1n) is 6.38. The fraction of sp³-hybridized carbons (Fsp3) is 0.538. The number of anilines is 2. The van der Waals surface area contributed by atoms with E-state index in [1.54, 1.807) is 6.07 Å². The van der Waals surface area contributed by atoms with Crippen molar-refractivity contribution in [3.05, 3.63) is 18.2 Å². The topological polar surface area (TPSA) is 72.6 Å². The molecule has 0 amide bonds. The molecule has 1 unspecified atom stereocenters. The first-order valence-corrected chi connectivity index (χ1v) is 8.20. The molecule has 1 aliphatic rings. The fourth-order valence-corrected chi connectivity index (χ4v) is 4.09. The van der Waals surface area contributed by atoms with Crippen molar-refractivity contribution in [2.75, 3.05) is 35.8 Å². The first-order chi connectivity index (χ1) is 8.93. The molecule has 2 rings (SSSR count). The predicted molar refractivity (Wildman–Crippen MR) is 77.5 cm³/mol. The fourth-order valence-electron chi connectivity index (χ4n) is 2.31. The number of nitrogen functional groups attached to an aromatic ring is 1. The van der Waals surface area contributed by atoms with Gasteiger partial charge in [-0.1, -0.05) is 0 Å². The lowest BCUT2D eigenvalue weighted by atomic mass is 10.2. The lowest BCUT2D eigenvalue weighted by Gasteiger charge is -2.26. The van der Waals surface area contributed by atoms with Gasteiger partial charge < -0.3 is 15.4 Å². The second-order valence-corrected chi connectivity index (χ2v) is 7.05. The quantitative estimate of drug-likeness (QED) is 0.844. The molecule has 1 fully saturated rings. The van der Waals surface area contributed by atoms with Crippen LogP contribution in [0.3, 0.4) is 0 Å². The number of hydrogen-bond donors (Lipinski definition) is 1. The molecular formula is C13H20N2O3S. The molecule has 0 spiro atoms. The van der Waals surface area contributed by atoms with Gasteiger partial charge in [0.2, 0.25) is 0 Å². The highest BCUT2D eigenvalue weighted by atomic mass is 32.2. The van der Waals surface area contributed by atoms with Crippen molar-refractivity contribution in [2.24, 2.45) is 0 Å². The van der Waals surface area contributed by atoms with Crippen molar-refractivity contribution in [3.8, 4) is 5.75 Å². The van der Waals surface area contributed by atoms with E-state index in [0.717, 1.165) is 5.69 Å². The summed E-state index contributed by atoms with van der Waals surface area (Å²) in [6, 6.07) is 5.58. The summed E-state index contributed by atoms with van der Waals surface area (Å²) < 4.78 is 28.5. The highest BCUT2D eigenvalue weighted by Gasteiger charge is 2.30. The van der Waals surface area contributed by atoms with Gasteiger partial charge in [0.05, 0.1) is 23.8 Å². The monoisotopic (exact) mass is 284 g/mol. The molecule has 1 aliphatic heterocycles. The van der Waals surface area contributed by atoms with Crippen LogP contribution in [0.25, 0.3) is 0 Å². The molecular weight excluding hydrogens is 264 g/mol. The van der Waals surface area contributed by atoms with E-state index in [0.29, 0.717) is 24.5 Å². The van der Waals surface area contributed by atoms with E-state index in [9.17, 15) is 8.42 Å². The van der Waals surface area contributed by atoms with E-state index in [4.69, 9.17) is 10.5 Å². The lowest BCUT2D eigenvalue weighted by Crippen LogP contribution is -2.32. The molecule has 1 aromatic rings. The van der Waals surface area contributed by atoms with Crippen LogP contribution in [0, 0.1) is 0 Å². The molecule has 1 atom stereocenters. The summed E-state index contributed by atoms with van der Waals surface area (Å²) in [6.07, 6.45) is 0.674. The third-order valence-corrected chi connectivity index (χ3v) is 5.21. The Balaban J connectivity index is 2.20. The van der Waals surface area contributed by atoms with Crippen molar-refractivity contribution in [1.29, 1.82) is 0 Å². The largest absolute Gasteiger partial charge is 0.492 e. The van der Waals surface area contributed by atoms with Gasteiger partial charge in [-0.05, 0) is 25.5 Å². The molecule has 0 aliphatic carbocycles. The van der Waals surface area contributed by atoms with Gasteiger partial charge in [-0.2, -0.15) is 0 Å². The Bertz CT molecular complexity index is 557. The van der Waals surface area contributed by atoms with E-state index >= 15 is 0 Å². The predicted octanol–water partition coefficient (Wildman–Crippen LogP) is 1.29. The highest BCUT2D eigenvalue weighted by molar-refractivity contribution is 7.91. The average Bonchev–Trinajstić information content (AvgIpc) is 2.72. The van der Waals surface area contributed by atoms with Crippen LogP contribution in [-0.2, 0) is 9.84 Å². The third kappa shape index (κ3) is 3.12. The molecule has 106 valence electrons. The van der Waals surface area contributed by atoms with Crippen LogP contribution in [0.15, 0.2) is 18.2 Å². The second kappa shape index (κ2) is 5.28. The van der Waals surface area contributed by atoms with Crippen molar-refractivity contribution >= 4 is 21.2 Å². The smallest absolute Gasteiger partial charge is 0.152 e. The van der Waals surface area contributed by atoms with Crippen molar-refractivity contribution in [3.63, 3.8) is 0 Å². The summed E-state index contributed by atoms with van der Waals surface area (Å²) in [5.74, 6) is 1.14. The number of nitrogens with zero attached hydrogens (tertiary/aromatic N) is 1. The Labute approximate surface area is 114 Å². The number of benzene rings is 1. The van der Waals surface area contributed by atoms with Gasteiger partial charge in [0.25, 0.3) is 0 Å². The number of nitrogens with two attached hydrogens (primary N) is 1. The molecule has 6 heteroatoms. The first kappa shape index (κ1) is 14.0. The van der Waals surface area contributed by atoms with Gasteiger partial charge in [0.1, 0.15) is 5.75 Å². The highest BCUT2D eigenvalue weighted by Crippen LogP contribution is 2.30. The average molecular weight is 284 g/mol. The van der Waals surface area contributed by atoms with Gasteiger partial charge in [0.15, 0.2) is 9.84 Å². The number of rotatable bonds is 4. The number of ether oxygens (including phenoxy) is 1. The van der Waals surface area contributed by atoms with Crippen LogP contribution in [0.5, 0.6) is 5.75 Å². The van der Waals surface area contributed by atoms with Crippen molar-refractivity contribution in [1.82, 2.24) is 0 Å².